The summed E-state index contributed by atoms with van der Waals surface area (Å²) in [6, 6.07) is 4.44. The first-order valence-electron chi connectivity index (χ1n) is 6.58. The van der Waals surface area contributed by atoms with Crippen LogP contribution >= 0.6 is 11.6 Å². The topological polar surface area (TPSA) is 42.2 Å². The van der Waals surface area contributed by atoms with E-state index >= 15 is 0 Å². The molecule has 1 aliphatic carbocycles. The average Bonchev–Trinajstić information content (AvgIpc) is 3.13. The summed E-state index contributed by atoms with van der Waals surface area (Å²) in [7, 11) is 0. The molecule has 0 aliphatic heterocycles. The van der Waals surface area contributed by atoms with Crippen LogP contribution in [0.15, 0.2) is 29.1 Å². The van der Waals surface area contributed by atoms with Gasteiger partial charge in [-0.15, -0.1) is 0 Å². The van der Waals surface area contributed by atoms with Crippen LogP contribution < -0.4 is 4.90 Å². The molecule has 4 nitrogen and oxygen atoms in total. The number of hydrogen-bond acceptors (Lipinski definition) is 4. The Morgan fingerprint density at radius 2 is 2.26 bits per heavy atom. The van der Waals surface area contributed by atoms with Crippen LogP contribution in [-0.4, -0.2) is 16.0 Å². The summed E-state index contributed by atoms with van der Waals surface area (Å²) in [5, 5.41) is 0.553. The van der Waals surface area contributed by atoms with Gasteiger partial charge in [-0.2, -0.15) is 0 Å². The lowest BCUT2D eigenvalue weighted by Gasteiger charge is -2.24. The third kappa shape index (κ3) is 2.59. The SMILES string of the molecule is CCc1c(Cl)ncnc1N(Cc1ccco1)C1CC1. The number of rotatable bonds is 5. The van der Waals surface area contributed by atoms with Crippen molar-refractivity contribution in [2.24, 2.45) is 0 Å². The average molecular weight is 278 g/mol. The van der Waals surface area contributed by atoms with Crippen LogP contribution in [0, 0.1) is 0 Å². The van der Waals surface area contributed by atoms with Crippen molar-refractivity contribution in [3.05, 3.63) is 41.2 Å². The Hall–Kier alpha value is -1.55. The molecule has 2 heterocycles. The van der Waals surface area contributed by atoms with Crippen LogP contribution in [0.4, 0.5) is 5.82 Å². The molecule has 19 heavy (non-hydrogen) atoms. The fraction of sp³-hybridized carbons (Fsp3) is 0.429. The lowest BCUT2D eigenvalue weighted by Crippen LogP contribution is -2.27. The molecule has 1 aliphatic rings. The second-order valence-electron chi connectivity index (χ2n) is 4.76. The molecule has 0 amide bonds. The fourth-order valence-electron chi connectivity index (χ4n) is 2.27. The van der Waals surface area contributed by atoms with Crippen molar-refractivity contribution >= 4 is 17.4 Å². The van der Waals surface area contributed by atoms with Gasteiger partial charge in [0.2, 0.25) is 0 Å². The van der Waals surface area contributed by atoms with Crippen molar-refractivity contribution in [1.29, 1.82) is 0 Å². The molecule has 0 bridgehead atoms. The normalized spacial score (nSPS) is 14.6. The molecule has 0 unspecified atom stereocenters. The van der Waals surface area contributed by atoms with Crippen LogP contribution in [0.1, 0.15) is 31.1 Å². The maximum absolute atomic E-state index is 6.18. The van der Waals surface area contributed by atoms with Crippen LogP contribution in [0.25, 0.3) is 0 Å². The molecule has 1 fully saturated rings. The van der Waals surface area contributed by atoms with Gasteiger partial charge in [-0.25, -0.2) is 9.97 Å². The van der Waals surface area contributed by atoms with Crippen LogP contribution in [0.5, 0.6) is 0 Å². The van der Waals surface area contributed by atoms with E-state index in [2.05, 4.69) is 21.8 Å². The molecule has 1 saturated carbocycles. The minimum Gasteiger partial charge on any atom is -0.467 e. The zero-order valence-corrected chi connectivity index (χ0v) is 11.6. The van der Waals surface area contributed by atoms with Crippen LogP contribution in [-0.2, 0) is 13.0 Å². The lowest BCUT2D eigenvalue weighted by atomic mass is 10.2. The highest BCUT2D eigenvalue weighted by Crippen LogP contribution is 2.35. The third-order valence-corrected chi connectivity index (χ3v) is 3.72. The summed E-state index contributed by atoms with van der Waals surface area (Å²) in [5.74, 6) is 1.89. The largest absolute Gasteiger partial charge is 0.467 e. The lowest BCUT2D eigenvalue weighted by molar-refractivity contribution is 0.500. The fourth-order valence-corrected chi connectivity index (χ4v) is 2.53. The highest BCUT2D eigenvalue weighted by Gasteiger charge is 2.32. The molecule has 0 atom stereocenters. The highest BCUT2D eigenvalue weighted by molar-refractivity contribution is 6.30. The van der Waals surface area contributed by atoms with E-state index in [4.69, 9.17) is 16.0 Å². The number of nitrogens with zero attached hydrogens (tertiary/aromatic N) is 3. The monoisotopic (exact) mass is 277 g/mol. The minimum atomic E-state index is 0.543. The van der Waals surface area contributed by atoms with Crippen molar-refractivity contribution in [3.8, 4) is 0 Å². The van der Waals surface area contributed by atoms with Gasteiger partial charge in [-0.1, -0.05) is 18.5 Å². The first-order chi connectivity index (χ1) is 9.29. The minimum absolute atomic E-state index is 0.543. The van der Waals surface area contributed by atoms with E-state index in [1.54, 1.807) is 6.26 Å². The van der Waals surface area contributed by atoms with E-state index in [9.17, 15) is 0 Å². The predicted octanol–water partition coefficient (Wildman–Crippen LogP) is 3.45. The summed E-state index contributed by atoms with van der Waals surface area (Å²) >= 11 is 6.18. The van der Waals surface area contributed by atoms with E-state index in [1.165, 1.54) is 19.2 Å². The summed E-state index contributed by atoms with van der Waals surface area (Å²) in [6.07, 6.45) is 6.47. The van der Waals surface area contributed by atoms with Crippen LogP contribution in [0.3, 0.4) is 0 Å². The number of anilines is 1. The van der Waals surface area contributed by atoms with E-state index in [-0.39, 0.29) is 0 Å². The Morgan fingerprint density at radius 3 is 2.89 bits per heavy atom. The number of furan rings is 1. The Bertz CT molecular complexity index is 552. The smallest absolute Gasteiger partial charge is 0.137 e. The number of aromatic nitrogens is 2. The molecule has 0 N–H and O–H groups in total. The summed E-state index contributed by atoms with van der Waals surface area (Å²) in [5.41, 5.74) is 1.02. The Balaban J connectivity index is 1.94. The van der Waals surface area contributed by atoms with Crippen molar-refractivity contribution < 1.29 is 4.42 Å². The first kappa shape index (κ1) is 12.5. The van der Waals surface area contributed by atoms with Gasteiger partial charge >= 0.3 is 0 Å². The van der Waals surface area contributed by atoms with E-state index in [0.717, 1.165) is 30.1 Å². The van der Waals surface area contributed by atoms with E-state index < -0.39 is 0 Å². The molecule has 0 spiro atoms. The van der Waals surface area contributed by atoms with Gasteiger partial charge in [0.15, 0.2) is 0 Å². The molecule has 100 valence electrons. The quantitative estimate of drug-likeness (QED) is 0.785. The summed E-state index contributed by atoms with van der Waals surface area (Å²) < 4.78 is 5.45. The molecule has 0 aromatic carbocycles. The number of hydrogen-bond donors (Lipinski definition) is 0. The van der Waals surface area contributed by atoms with Crippen molar-refractivity contribution in [3.63, 3.8) is 0 Å². The van der Waals surface area contributed by atoms with Crippen molar-refractivity contribution in [2.75, 3.05) is 4.90 Å². The Kier molecular flexibility index (Phi) is 3.42. The molecule has 2 aromatic rings. The van der Waals surface area contributed by atoms with Gasteiger partial charge in [0, 0.05) is 11.6 Å². The van der Waals surface area contributed by atoms with Gasteiger partial charge in [-0.05, 0) is 31.4 Å². The third-order valence-electron chi connectivity index (χ3n) is 3.39. The van der Waals surface area contributed by atoms with Crippen LogP contribution in [0.2, 0.25) is 5.15 Å². The van der Waals surface area contributed by atoms with Gasteiger partial charge in [0.05, 0.1) is 12.8 Å². The number of halogens is 1. The summed E-state index contributed by atoms with van der Waals surface area (Å²) in [4.78, 5) is 10.8. The first-order valence-corrected chi connectivity index (χ1v) is 6.95. The second kappa shape index (κ2) is 5.21. The van der Waals surface area contributed by atoms with Gasteiger partial charge in [-0.3, -0.25) is 0 Å². The van der Waals surface area contributed by atoms with Crippen molar-refractivity contribution in [2.45, 2.75) is 38.8 Å². The zero-order valence-electron chi connectivity index (χ0n) is 10.8. The molecule has 0 radical (unpaired) electrons. The zero-order chi connectivity index (χ0) is 13.2. The maximum atomic E-state index is 6.18. The Morgan fingerprint density at radius 1 is 1.42 bits per heavy atom. The standard InChI is InChI=1S/C14H16ClN3O/c1-2-12-13(15)16-9-17-14(12)18(10-5-6-10)8-11-4-3-7-19-11/h3-4,7,9-10H,2,5-6,8H2,1H3. The maximum Gasteiger partial charge on any atom is 0.137 e. The molecule has 2 aromatic heterocycles. The molecule has 0 saturated heterocycles. The summed E-state index contributed by atoms with van der Waals surface area (Å²) in [6.45, 7) is 2.81. The molecular formula is C14H16ClN3O. The van der Waals surface area contributed by atoms with Gasteiger partial charge < -0.3 is 9.32 Å². The molecule has 5 heteroatoms. The van der Waals surface area contributed by atoms with E-state index in [0.29, 0.717) is 11.2 Å². The van der Waals surface area contributed by atoms with Gasteiger partial charge in [0.1, 0.15) is 23.1 Å². The Labute approximate surface area is 117 Å². The second-order valence-corrected chi connectivity index (χ2v) is 5.12. The van der Waals surface area contributed by atoms with Gasteiger partial charge in [0.25, 0.3) is 0 Å². The van der Waals surface area contributed by atoms with Crippen molar-refractivity contribution in [1.82, 2.24) is 9.97 Å². The highest BCUT2D eigenvalue weighted by atomic mass is 35.5. The van der Waals surface area contributed by atoms with E-state index in [1.807, 2.05) is 12.1 Å². The predicted molar refractivity (Wildman–Crippen MR) is 74.3 cm³/mol. The molecular weight excluding hydrogens is 262 g/mol. The molecule has 3 rings (SSSR count).